The van der Waals surface area contributed by atoms with E-state index in [-0.39, 0.29) is 18.5 Å². The number of hydrogen-bond acceptors (Lipinski definition) is 4. The third-order valence-corrected chi connectivity index (χ3v) is 4.25. The lowest BCUT2D eigenvalue weighted by Gasteiger charge is -2.22. The Morgan fingerprint density at radius 3 is 2.31 bits per heavy atom. The Balaban J connectivity index is 1.88. The number of ether oxygens (including phenoxy) is 2. The fourth-order valence-electron chi connectivity index (χ4n) is 2.86. The van der Waals surface area contributed by atoms with Crippen molar-refractivity contribution >= 4 is 5.91 Å². The quantitative estimate of drug-likeness (QED) is 0.724. The topological polar surface area (TPSA) is 59.6 Å². The van der Waals surface area contributed by atoms with E-state index in [4.69, 9.17) is 9.47 Å². The average Bonchev–Trinajstić information content (AvgIpc) is 2.66. The fourth-order valence-corrected chi connectivity index (χ4v) is 2.86. The Morgan fingerprint density at radius 1 is 1.00 bits per heavy atom. The number of carbonyl (C=O) groups excluding carboxylic acids is 1. The molecule has 0 saturated carbocycles. The number of methoxy groups -OCH3 is 2. The van der Waals surface area contributed by atoms with Crippen LogP contribution < -0.4 is 20.1 Å². The van der Waals surface area contributed by atoms with Crippen LogP contribution in [0, 0.1) is 5.92 Å². The van der Waals surface area contributed by atoms with Crippen molar-refractivity contribution in [3.63, 3.8) is 0 Å². The van der Waals surface area contributed by atoms with Crippen LogP contribution in [0.4, 0.5) is 0 Å². The van der Waals surface area contributed by atoms with E-state index in [9.17, 15) is 4.79 Å². The molecule has 1 atom stereocenters. The van der Waals surface area contributed by atoms with Gasteiger partial charge in [0.2, 0.25) is 5.91 Å². The molecule has 0 fully saturated rings. The van der Waals surface area contributed by atoms with Crippen LogP contribution in [0.1, 0.15) is 31.0 Å². The number of amides is 1. The second-order valence-corrected chi connectivity index (χ2v) is 6.48. The third-order valence-electron chi connectivity index (χ3n) is 4.25. The van der Waals surface area contributed by atoms with Gasteiger partial charge in [0, 0.05) is 12.6 Å². The van der Waals surface area contributed by atoms with E-state index in [1.807, 2.05) is 36.4 Å². The predicted octanol–water partition coefficient (Wildman–Crippen LogP) is 3.31. The highest BCUT2D eigenvalue weighted by Gasteiger charge is 2.16. The third kappa shape index (κ3) is 5.49. The summed E-state index contributed by atoms with van der Waals surface area (Å²) in [5, 5.41) is 6.29. The van der Waals surface area contributed by atoms with Crippen LogP contribution in [-0.4, -0.2) is 26.7 Å². The second-order valence-electron chi connectivity index (χ2n) is 6.48. The minimum absolute atomic E-state index is 0.0404. The molecule has 0 spiro atoms. The maximum Gasteiger partial charge on any atom is 0.234 e. The van der Waals surface area contributed by atoms with Gasteiger partial charge in [-0.15, -0.1) is 0 Å². The first-order valence-corrected chi connectivity index (χ1v) is 8.81. The maximum atomic E-state index is 12.2. The van der Waals surface area contributed by atoms with Gasteiger partial charge >= 0.3 is 0 Å². The van der Waals surface area contributed by atoms with Crippen molar-refractivity contribution in [3.8, 4) is 11.5 Å². The van der Waals surface area contributed by atoms with Crippen molar-refractivity contribution in [1.29, 1.82) is 0 Å². The van der Waals surface area contributed by atoms with E-state index in [1.165, 1.54) is 5.56 Å². The van der Waals surface area contributed by atoms with Crippen molar-refractivity contribution in [2.24, 2.45) is 5.92 Å². The normalized spacial score (nSPS) is 11.9. The van der Waals surface area contributed by atoms with Gasteiger partial charge in [-0.1, -0.05) is 50.2 Å². The first kappa shape index (κ1) is 19.8. The van der Waals surface area contributed by atoms with Crippen molar-refractivity contribution in [2.45, 2.75) is 26.4 Å². The van der Waals surface area contributed by atoms with Gasteiger partial charge in [0.15, 0.2) is 11.5 Å². The van der Waals surface area contributed by atoms with Gasteiger partial charge in [-0.3, -0.25) is 4.79 Å². The van der Waals surface area contributed by atoms with Gasteiger partial charge in [-0.05, 0) is 29.2 Å². The Bertz CT molecular complexity index is 702. The lowest BCUT2D eigenvalue weighted by molar-refractivity contribution is -0.120. The number of nitrogens with one attached hydrogen (secondary N) is 2. The molecule has 0 saturated heterocycles. The SMILES string of the molecule is COc1ccc(CNC(=O)CN[C@@H](c2ccccc2)C(C)C)cc1OC. The minimum atomic E-state index is -0.0404. The molecule has 0 unspecified atom stereocenters. The molecule has 1 amide bonds. The second kappa shape index (κ2) is 9.82. The molecule has 0 aliphatic carbocycles. The van der Waals surface area contributed by atoms with Crippen LogP contribution in [0.25, 0.3) is 0 Å². The van der Waals surface area contributed by atoms with Gasteiger partial charge in [-0.2, -0.15) is 0 Å². The Kier molecular flexibility index (Phi) is 7.48. The molecular formula is C21H28N2O3. The first-order valence-electron chi connectivity index (χ1n) is 8.81. The van der Waals surface area contributed by atoms with Gasteiger partial charge in [0.25, 0.3) is 0 Å². The molecule has 2 rings (SSSR count). The molecular weight excluding hydrogens is 328 g/mol. The van der Waals surface area contributed by atoms with Crippen molar-refractivity contribution in [1.82, 2.24) is 10.6 Å². The Hall–Kier alpha value is -2.53. The molecule has 5 nitrogen and oxygen atoms in total. The van der Waals surface area contributed by atoms with Crippen LogP contribution in [0.3, 0.4) is 0 Å². The summed E-state index contributed by atoms with van der Waals surface area (Å²) < 4.78 is 10.5. The molecule has 0 radical (unpaired) electrons. The molecule has 0 aliphatic rings. The molecule has 5 heteroatoms. The van der Waals surface area contributed by atoms with E-state index in [1.54, 1.807) is 14.2 Å². The minimum Gasteiger partial charge on any atom is -0.493 e. The zero-order valence-electron chi connectivity index (χ0n) is 15.9. The summed E-state index contributed by atoms with van der Waals surface area (Å²) in [5.41, 5.74) is 2.15. The number of benzene rings is 2. The molecule has 0 aromatic heterocycles. The molecule has 2 aromatic carbocycles. The highest BCUT2D eigenvalue weighted by atomic mass is 16.5. The van der Waals surface area contributed by atoms with Crippen LogP contribution in [0.2, 0.25) is 0 Å². The highest BCUT2D eigenvalue weighted by Crippen LogP contribution is 2.27. The summed E-state index contributed by atoms with van der Waals surface area (Å²) in [7, 11) is 3.20. The summed E-state index contributed by atoms with van der Waals surface area (Å²) >= 11 is 0. The van der Waals surface area contributed by atoms with E-state index in [0.717, 1.165) is 5.56 Å². The summed E-state index contributed by atoms with van der Waals surface area (Å²) in [6, 6.07) is 16.0. The Morgan fingerprint density at radius 2 is 1.69 bits per heavy atom. The first-order chi connectivity index (χ1) is 12.5. The number of hydrogen-bond donors (Lipinski definition) is 2. The van der Waals surface area contributed by atoms with E-state index < -0.39 is 0 Å². The average molecular weight is 356 g/mol. The van der Waals surface area contributed by atoms with Crippen molar-refractivity contribution in [3.05, 3.63) is 59.7 Å². The van der Waals surface area contributed by atoms with Crippen LogP contribution in [0.5, 0.6) is 11.5 Å². The van der Waals surface area contributed by atoms with Gasteiger partial charge in [-0.25, -0.2) is 0 Å². The lowest BCUT2D eigenvalue weighted by Crippen LogP contribution is -2.37. The van der Waals surface area contributed by atoms with Gasteiger partial charge in [0.1, 0.15) is 0 Å². The molecule has 0 bridgehead atoms. The highest BCUT2D eigenvalue weighted by molar-refractivity contribution is 5.78. The monoisotopic (exact) mass is 356 g/mol. The van der Waals surface area contributed by atoms with Gasteiger partial charge < -0.3 is 20.1 Å². The fraction of sp³-hybridized carbons (Fsp3) is 0.381. The zero-order chi connectivity index (χ0) is 18.9. The van der Waals surface area contributed by atoms with E-state index in [0.29, 0.717) is 24.0 Å². The summed E-state index contributed by atoms with van der Waals surface area (Å²) in [4.78, 5) is 12.2. The molecule has 2 N–H and O–H groups in total. The Labute approximate surface area is 155 Å². The van der Waals surface area contributed by atoms with Gasteiger partial charge in [0.05, 0.1) is 20.8 Å². The number of carbonyl (C=O) groups is 1. The van der Waals surface area contributed by atoms with Crippen LogP contribution in [-0.2, 0) is 11.3 Å². The van der Waals surface area contributed by atoms with Crippen molar-refractivity contribution < 1.29 is 14.3 Å². The molecule has 0 heterocycles. The van der Waals surface area contributed by atoms with E-state index >= 15 is 0 Å². The number of rotatable bonds is 9. The maximum absolute atomic E-state index is 12.2. The van der Waals surface area contributed by atoms with Crippen LogP contribution in [0.15, 0.2) is 48.5 Å². The lowest BCUT2D eigenvalue weighted by atomic mass is 9.96. The summed E-state index contributed by atoms with van der Waals surface area (Å²) in [6.07, 6.45) is 0. The summed E-state index contributed by atoms with van der Waals surface area (Å²) in [5.74, 6) is 1.67. The summed E-state index contributed by atoms with van der Waals surface area (Å²) in [6.45, 7) is 5.00. The van der Waals surface area contributed by atoms with Crippen molar-refractivity contribution in [2.75, 3.05) is 20.8 Å². The molecule has 26 heavy (non-hydrogen) atoms. The van der Waals surface area contributed by atoms with E-state index in [2.05, 4.69) is 36.6 Å². The van der Waals surface area contributed by atoms with Crippen LogP contribution >= 0.6 is 0 Å². The molecule has 0 aliphatic heterocycles. The molecule has 2 aromatic rings. The predicted molar refractivity (Wildman–Crippen MR) is 103 cm³/mol. The molecule has 140 valence electrons. The smallest absolute Gasteiger partial charge is 0.234 e. The zero-order valence-corrected chi connectivity index (χ0v) is 15.9. The largest absolute Gasteiger partial charge is 0.493 e. The standard InChI is InChI=1S/C21H28N2O3/c1-15(2)21(17-8-6-5-7-9-17)23-14-20(24)22-13-16-10-11-18(25-3)19(12-16)26-4/h5-12,15,21,23H,13-14H2,1-4H3,(H,22,24)/t21-/m1/s1.